The van der Waals surface area contributed by atoms with Crippen LogP contribution in [0.5, 0.6) is 0 Å². The molecule has 4 heteroatoms. The number of aromatic nitrogens is 1. The Morgan fingerprint density at radius 2 is 1.86 bits per heavy atom. The molecule has 3 rings (SSSR count). The van der Waals surface area contributed by atoms with E-state index >= 15 is 0 Å². The normalized spacial score (nSPS) is 10.7. The topological polar surface area (TPSA) is 34.0 Å². The van der Waals surface area contributed by atoms with Crippen LogP contribution in [0.3, 0.4) is 0 Å². The van der Waals surface area contributed by atoms with Crippen LogP contribution in [0.1, 0.15) is 0 Å². The SMILES string of the molecule is O=c1ccc2ccccc2n1CCNc1cccc(F)c1. The Morgan fingerprint density at radius 3 is 2.71 bits per heavy atom. The van der Waals surface area contributed by atoms with Gasteiger partial charge < -0.3 is 9.88 Å². The first-order valence-corrected chi connectivity index (χ1v) is 6.82. The first kappa shape index (κ1) is 13.4. The van der Waals surface area contributed by atoms with Crippen LogP contribution in [-0.4, -0.2) is 11.1 Å². The summed E-state index contributed by atoms with van der Waals surface area (Å²) in [7, 11) is 0. The lowest BCUT2D eigenvalue weighted by Crippen LogP contribution is -2.23. The number of benzene rings is 2. The minimum Gasteiger partial charge on any atom is -0.383 e. The van der Waals surface area contributed by atoms with Crippen LogP contribution < -0.4 is 10.9 Å². The van der Waals surface area contributed by atoms with Gasteiger partial charge in [0.05, 0.1) is 5.52 Å². The average Bonchev–Trinajstić information content (AvgIpc) is 2.50. The molecular formula is C17H15FN2O. The number of rotatable bonds is 4. The summed E-state index contributed by atoms with van der Waals surface area (Å²) in [5.41, 5.74) is 1.59. The van der Waals surface area contributed by atoms with Crippen molar-refractivity contribution in [3.8, 4) is 0 Å². The van der Waals surface area contributed by atoms with Crippen molar-refractivity contribution in [2.24, 2.45) is 0 Å². The van der Waals surface area contributed by atoms with E-state index in [9.17, 15) is 9.18 Å². The van der Waals surface area contributed by atoms with Crippen LogP contribution >= 0.6 is 0 Å². The Bertz CT molecular complexity index is 826. The first-order chi connectivity index (χ1) is 10.2. The average molecular weight is 282 g/mol. The van der Waals surface area contributed by atoms with Gasteiger partial charge in [-0.3, -0.25) is 4.79 Å². The van der Waals surface area contributed by atoms with E-state index in [1.807, 2.05) is 30.3 Å². The van der Waals surface area contributed by atoms with E-state index in [-0.39, 0.29) is 11.4 Å². The Balaban J connectivity index is 1.79. The van der Waals surface area contributed by atoms with Crippen molar-refractivity contribution in [1.29, 1.82) is 0 Å². The van der Waals surface area contributed by atoms with Gasteiger partial charge in [0.25, 0.3) is 5.56 Å². The molecule has 0 amide bonds. The highest BCUT2D eigenvalue weighted by Crippen LogP contribution is 2.12. The number of fused-ring (bicyclic) bond motifs is 1. The lowest BCUT2D eigenvalue weighted by Gasteiger charge is -2.11. The maximum absolute atomic E-state index is 13.1. The molecule has 1 N–H and O–H groups in total. The van der Waals surface area contributed by atoms with Crippen LogP contribution in [0.2, 0.25) is 0 Å². The monoisotopic (exact) mass is 282 g/mol. The van der Waals surface area contributed by atoms with Crippen molar-refractivity contribution in [2.75, 3.05) is 11.9 Å². The molecule has 0 atom stereocenters. The maximum Gasteiger partial charge on any atom is 0.251 e. The zero-order valence-electron chi connectivity index (χ0n) is 11.4. The van der Waals surface area contributed by atoms with Gasteiger partial charge >= 0.3 is 0 Å². The number of halogens is 1. The predicted octanol–water partition coefficient (Wildman–Crippen LogP) is 3.25. The molecule has 0 fully saturated rings. The van der Waals surface area contributed by atoms with Crippen LogP contribution in [0.25, 0.3) is 10.9 Å². The molecule has 2 aromatic carbocycles. The lowest BCUT2D eigenvalue weighted by atomic mass is 10.2. The second kappa shape index (κ2) is 5.79. The number of para-hydroxylation sites is 1. The van der Waals surface area contributed by atoms with Crippen molar-refractivity contribution in [3.63, 3.8) is 0 Å². The molecule has 106 valence electrons. The third-order valence-corrected chi connectivity index (χ3v) is 3.39. The van der Waals surface area contributed by atoms with Gasteiger partial charge in [-0.15, -0.1) is 0 Å². The molecule has 3 aromatic rings. The van der Waals surface area contributed by atoms with Crippen molar-refractivity contribution in [1.82, 2.24) is 4.57 Å². The van der Waals surface area contributed by atoms with Crippen LogP contribution in [0.15, 0.2) is 65.5 Å². The highest BCUT2D eigenvalue weighted by Gasteiger charge is 2.02. The number of nitrogens with one attached hydrogen (secondary N) is 1. The zero-order chi connectivity index (χ0) is 14.7. The molecule has 0 radical (unpaired) electrons. The molecule has 0 aliphatic heterocycles. The number of nitrogens with zero attached hydrogens (tertiary/aromatic N) is 1. The molecule has 0 saturated carbocycles. The van der Waals surface area contributed by atoms with E-state index in [1.54, 1.807) is 22.8 Å². The summed E-state index contributed by atoms with van der Waals surface area (Å²) in [6, 6.07) is 17.5. The third kappa shape index (κ3) is 2.94. The summed E-state index contributed by atoms with van der Waals surface area (Å²) in [5.74, 6) is -0.276. The number of anilines is 1. The van der Waals surface area contributed by atoms with Gasteiger partial charge in [-0.25, -0.2) is 4.39 Å². The largest absolute Gasteiger partial charge is 0.383 e. The molecular weight excluding hydrogens is 267 g/mol. The number of hydrogen-bond acceptors (Lipinski definition) is 2. The van der Waals surface area contributed by atoms with E-state index in [0.717, 1.165) is 10.9 Å². The minimum absolute atomic E-state index is 0.0326. The van der Waals surface area contributed by atoms with Gasteiger partial charge in [-0.1, -0.05) is 24.3 Å². The fraction of sp³-hybridized carbons (Fsp3) is 0.118. The van der Waals surface area contributed by atoms with Gasteiger partial charge in [0.2, 0.25) is 0 Å². The summed E-state index contributed by atoms with van der Waals surface area (Å²) >= 11 is 0. The van der Waals surface area contributed by atoms with Gasteiger partial charge in [0.15, 0.2) is 0 Å². The number of hydrogen-bond donors (Lipinski definition) is 1. The fourth-order valence-corrected chi connectivity index (χ4v) is 2.39. The Labute approximate surface area is 121 Å². The zero-order valence-corrected chi connectivity index (χ0v) is 11.4. The minimum atomic E-state index is -0.276. The molecule has 0 spiro atoms. The van der Waals surface area contributed by atoms with Crippen molar-refractivity contribution < 1.29 is 4.39 Å². The quantitative estimate of drug-likeness (QED) is 0.797. The van der Waals surface area contributed by atoms with Crippen molar-refractivity contribution in [2.45, 2.75) is 6.54 Å². The molecule has 3 nitrogen and oxygen atoms in total. The molecule has 1 heterocycles. The van der Waals surface area contributed by atoms with Crippen LogP contribution in [0, 0.1) is 5.82 Å². The summed E-state index contributed by atoms with van der Waals surface area (Å²) in [4.78, 5) is 12.0. The van der Waals surface area contributed by atoms with Crippen molar-refractivity contribution >= 4 is 16.6 Å². The Morgan fingerprint density at radius 1 is 1.00 bits per heavy atom. The second-order valence-corrected chi connectivity index (χ2v) is 4.82. The molecule has 1 aromatic heterocycles. The summed E-state index contributed by atoms with van der Waals surface area (Å²) < 4.78 is 14.8. The Hall–Kier alpha value is -2.62. The molecule has 0 saturated heterocycles. The third-order valence-electron chi connectivity index (χ3n) is 3.39. The van der Waals surface area contributed by atoms with E-state index in [4.69, 9.17) is 0 Å². The van der Waals surface area contributed by atoms with Crippen molar-refractivity contribution in [3.05, 3.63) is 76.8 Å². The smallest absolute Gasteiger partial charge is 0.251 e. The van der Waals surface area contributed by atoms with Crippen LogP contribution in [-0.2, 0) is 6.54 Å². The van der Waals surface area contributed by atoms with Gasteiger partial charge in [0.1, 0.15) is 5.82 Å². The van der Waals surface area contributed by atoms with Gasteiger partial charge in [0, 0.05) is 24.8 Å². The van der Waals surface area contributed by atoms with E-state index in [1.165, 1.54) is 12.1 Å². The summed E-state index contributed by atoms with van der Waals surface area (Å²) in [6.45, 7) is 1.08. The van der Waals surface area contributed by atoms with E-state index < -0.39 is 0 Å². The molecule has 0 bridgehead atoms. The van der Waals surface area contributed by atoms with Gasteiger partial charge in [-0.05, 0) is 35.7 Å². The molecule has 0 aliphatic rings. The predicted molar refractivity (Wildman–Crippen MR) is 83.1 cm³/mol. The van der Waals surface area contributed by atoms with E-state index in [2.05, 4.69) is 5.32 Å². The molecule has 21 heavy (non-hydrogen) atoms. The number of pyridine rings is 1. The highest BCUT2D eigenvalue weighted by atomic mass is 19.1. The summed E-state index contributed by atoms with van der Waals surface area (Å²) in [5, 5.41) is 4.16. The Kier molecular flexibility index (Phi) is 3.69. The standard InChI is InChI=1S/C17H15FN2O/c18-14-5-3-6-15(12-14)19-10-11-20-16-7-2-1-4-13(16)8-9-17(20)21/h1-9,12,19H,10-11H2. The van der Waals surface area contributed by atoms with E-state index in [0.29, 0.717) is 18.8 Å². The molecule has 0 aliphatic carbocycles. The maximum atomic E-state index is 13.1. The second-order valence-electron chi connectivity index (χ2n) is 4.82. The first-order valence-electron chi connectivity index (χ1n) is 6.82. The van der Waals surface area contributed by atoms with Crippen LogP contribution in [0.4, 0.5) is 10.1 Å². The fourth-order valence-electron chi connectivity index (χ4n) is 2.39. The lowest BCUT2D eigenvalue weighted by molar-refractivity contribution is 0.628. The highest BCUT2D eigenvalue weighted by molar-refractivity contribution is 5.78. The molecule has 0 unspecified atom stereocenters. The van der Waals surface area contributed by atoms with Gasteiger partial charge in [-0.2, -0.15) is 0 Å². The summed E-state index contributed by atoms with van der Waals surface area (Å²) in [6.07, 6.45) is 0.